The third-order valence-electron chi connectivity index (χ3n) is 4.88. The van der Waals surface area contributed by atoms with Gasteiger partial charge in [0.05, 0.1) is 28.1 Å². The Hall–Kier alpha value is -4.20. The van der Waals surface area contributed by atoms with Crippen LogP contribution in [-0.4, -0.2) is 21.8 Å². The highest BCUT2D eigenvalue weighted by Gasteiger charge is 2.23. The second-order valence-corrected chi connectivity index (χ2v) is 7.14. The molecule has 3 aromatic rings. The summed E-state index contributed by atoms with van der Waals surface area (Å²) in [7, 11) is 0. The molecule has 2 heterocycles. The third-order valence-corrected chi connectivity index (χ3v) is 4.88. The number of benzene rings is 2. The first kappa shape index (κ1) is 20.1. The molecular weight excluding hydrogens is 398 g/mol. The number of rotatable bonds is 4. The van der Waals surface area contributed by atoms with E-state index in [1.165, 1.54) is 18.2 Å². The van der Waals surface area contributed by atoms with Gasteiger partial charge in [-0.25, -0.2) is 4.79 Å². The molecule has 156 valence electrons. The molecule has 0 aliphatic carbocycles. The molecule has 0 amide bonds. The van der Waals surface area contributed by atoms with Crippen molar-refractivity contribution >= 4 is 28.8 Å². The zero-order chi connectivity index (χ0) is 22.0. The van der Waals surface area contributed by atoms with Crippen molar-refractivity contribution in [1.82, 2.24) is 0 Å². The molecule has 2 aromatic carbocycles. The van der Waals surface area contributed by atoms with E-state index in [4.69, 9.17) is 4.42 Å². The van der Waals surface area contributed by atoms with Gasteiger partial charge in [0.2, 0.25) is 0 Å². The molecule has 4 rings (SSSR count). The summed E-state index contributed by atoms with van der Waals surface area (Å²) in [5.74, 6) is 0.138. The van der Waals surface area contributed by atoms with Crippen molar-refractivity contribution in [2.45, 2.75) is 19.4 Å². The number of hydrogen-bond donors (Lipinski definition) is 2. The summed E-state index contributed by atoms with van der Waals surface area (Å²) in [6, 6.07) is 14.8. The average molecular weight is 417 g/mol. The van der Waals surface area contributed by atoms with Gasteiger partial charge in [0.15, 0.2) is 0 Å². The number of nitro benzene ring substituents is 1. The Labute approximate surface area is 177 Å². The van der Waals surface area contributed by atoms with Crippen molar-refractivity contribution in [2.75, 3.05) is 5.32 Å². The lowest BCUT2D eigenvalue weighted by Gasteiger charge is -2.15. The van der Waals surface area contributed by atoms with Crippen LogP contribution < -0.4 is 10.9 Å². The van der Waals surface area contributed by atoms with Crippen LogP contribution in [0.1, 0.15) is 23.3 Å². The maximum absolute atomic E-state index is 12.5. The minimum absolute atomic E-state index is 0.0228. The second-order valence-electron chi connectivity index (χ2n) is 7.14. The summed E-state index contributed by atoms with van der Waals surface area (Å²) in [6.45, 7) is 1.59. The monoisotopic (exact) mass is 417 g/mol. The van der Waals surface area contributed by atoms with Gasteiger partial charge in [0.25, 0.3) is 5.69 Å². The second kappa shape index (κ2) is 8.27. The number of aliphatic imine (C=N–C) groups is 1. The molecule has 1 aliphatic rings. The highest BCUT2D eigenvalue weighted by atomic mass is 16.6. The van der Waals surface area contributed by atoms with Crippen LogP contribution in [0.25, 0.3) is 6.08 Å². The van der Waals surface area contributed by atoms with Crippen LogP contribution in [0.15, 0.2) is 74.9 Å². The summed E-state index contributed by atoms with van der Waals surface area (Å²) >= 11 is 0. The fraction of sp³-hybridized carbons (Fsp3) is 0.130. The van der Waals surface area contributed by atoms with Crippen molar-refractivity contribution < 1.29 is 14.4 Å². The number of nitrogens with one attached hydrogen (secondary N) is 1. The molecular formula is C23H19N3O5. The first-order valence-electron chi connectivity index (χ1n) is 9.60. The van der Waals surface area contributed by atoms with Crippen LogP contribution in [-0.2, 0) is 0 Å². The Morgan fingerprint density at radius 2 is 1.97 bits per heavy atom. The van der Waals surface area contributed by atoms with E-state index in [9.17, 15) is 20.0 Å². The molecule has 0 bridgehead atoms. The lowest BCUT2D eigenvalue weighted by atomic mass is 10.0. The number of para-hydroxylation sites is 2. The van der Waals surface area contributed by atoms with Gasteiger partial charge in [-0.3, -0.25) is 15.1 Å². The quantitative estimate of drug-likeness (QED) is 0.474. The number of anilines is 1. The van der Waals surface area contributed by atoms with Crippen molar-refractivity contribution in [3.8, 4) is 5.75 Å². The van der Waals surface area contributed by atoms with E-state index in [1.807, 2.05) is 36.4 Å². The zero-order valence-corrected chi connectivity index (χ0v) is 16.6. The number of hydrogen-bond acceptors (Lipinski definition) is 7. The molecule has 0 saturated heterocycles. The molecule has 2 N–H and O–H groups in total. The first-order valence-corrected chi connectivity index (χ1v) is 9.60. The molecule has 0 spiro atoms. The van der Waals surface area contributed by atoms with Crippen LogP contribution in [0.4, 0.5) is 17.1 Å². The van der Waals surface area contributed by atoms with E-state index < -0.39 is 10.5 Å². The van der Waals surface area contributed by atoms with Crippen LogP contribution in [0.5, 0.6) is 5.75 Å². The number of fused-ring (bicyclic) bond motifs is 1. The van der Waals surface area contributed by atoms with Crippen LogP contribution >= 0.6 is 0 Å². The highest BCUT2D eigenvalue weighted by Crippen LogP contribution is 2.31. The fourth-order valence-electron chi connectivity index (χ4n) is 3.41. The molecule has 8 heteroatoms. The van der Waals surface area contributed by atoms with E-state index in [0.29, 0.717) is 23.6 Å². The van der Waals surface area contributed by atoms with E-state index in [1.54, 1.807) is 19.1 Å². The summed E-state index contributed by atoms with van der Waals surface area (Å²) in [6.07, 6.45) is 4.05. The Kier molecular flexibility index (Phi) is 5.36. The largest absolute Gasteiger partial charge is 0.507 e. The molecule has 0 saturated carbocycles. The lowest BCUT2D eigenvalue weighted by Crippen LogP contribution is -2.23. The van der Waals surface area contributed by atoms with Gasteiger partial charge in [-0.15, -0.1) is 0 Å². The summed E-state index contributed by atoms with van der Waals surface area (Å²) < 4.78 is 5.18. The maximum Gasteiger partial charge on any atom is 0.348 e. The standard InChI is InChI=1S/C23H19N3O5/c1-14-12-21(27)22(23(28)31-14)20-13-16(24-18-4-2-3-5-19(18)25-20)9-6-15-7-10-17(11-8-15)26(29)30/h2-12,16,24,27H,13H2,1H3/b9-6+. The third kappa shape index (κ3) is 4.37. The fourth-order valence-corrected chi connectivity index (χ4v) is 3.41. The summed E-state index contributed by atoms with van der Waals surface area (Å²) in [5, 5.41) is 24.6. The number of aryl methyl sites for hydroxylation is 1. The SMILES string of the molecule is Cc1cc(O)c(C2=Nc3ccccc3NC(/C=C/c3ccc([N+](=O)[O-])cc3)C2)c(=O)o1. The molecule has 1 unspecified atom stereocenters. The van der Waals surface area contributed by atoms with Crippen molar-refractivity contribution in [2.24, 2.45) is 4.99 Å². The molecule has 1 aromatic heterocycles. The Bertz CT molecular complexity index is 1260. The van der Waals surface area contributed by atoms with Crippen LogP contribution in [0.3, 0.4) is 0 Å². The minimum Gasteiger partial charge on any atom is -0.507 e. The van der Waals surface area contributed by atoms with Gasteiger partial charge in [-0.1, -0.05) is 24.3 Å². The highest BCUT2D eigenvalue weighted by molar-refractivity contribution is 6.05. The van der Waals surface area contributed by atoms with Gasteiger partial charge >= 0.3 is 5.63 Å². The Morgan fingerprint density at radius 3 is 2.68 bits per heavy atom. The summed E-state index contributed by atoms with van der Waals surface area (Å²) in [4.78, 5) is 27.5. The number of nitrogens with zero attached hydrogens (tertiary/aromatic N) is 2. The Balaban J connectivity index is 1.70. The molecule has 0 radical (unpaired) electrons. The van der Waals surface area contributed by atoms with Gasteiger partial charge < -0.3 is 14.8 Å². The zero-order valence-electron chi connectivity index (χ0n) is 16.6. The topological polar surface area (TPSA) is 118 Å². The van der Waals surface area contributed by atoms with E-state index in [-0.39, 0.29) is 23.0 Å². The van der Waals surface area contributed by atoms with Crippen LogP contribution in [0.2, 0.25) is 0 Å². The molecule has 1 atom stereocenters. The minimum atomic E-state index is -0.645. The number of non-ortho nitro benzene ring substituents is 1. The van der Waals surface area contributed by atoms with Gasteiger partial charge in [-0.2, -0.15) is 0 Å². The number of nitro groups is 1. The van der Waals surface area contributed by atoms with E-state index in [2.05, 4.69) is 10.3 Å². The van der Waals surface area contributed by atoms with Gasteiger partial charge in [0.1, 0.15) is 17.1 Å². The van der Waals surface area contributed by atoms with Crippen molar-refractivity contribution in [3.05, 3.63) is 98.1 Å². The molecule has 0 fully saturated rings. The maximum atomic E-state index is 12.5. The molecule has 1 aliphatic heterocycles. The van der Waals surface area contributed by atoms with Crippen molar-refractivity contribution in [3.63, 3.8) is 0 Å². The first-order chi connectivity index (χ1) is 14.9. The predicted octanol–water partition coefficient (Wildman–Crippen LogP) is 4.58. The van der Waals surface area contributed by atoms with Gasteiger partial charge in [0, 0.05) is 24.6 Å². The molecule has 8 nitrogen and oxygen atoms in total. The van der Waals surface area contributed by atoms with Gasteiger partial charge in [-0.05, 0) is 36.8 Å². The number of aromatic hydroxyl groups is 1. The predicted molar refractivity (Wildman–Crippen MR) is 118 cm³/mol. The smallest absolute Gasteiger partial charge is 0.348 e. The Morgan fingerprint density at radius 1 is 1.23 bits per heavy atom. The normalized spacial score (nSPS) is 15.6. The van der Waals surface area contributed by atoms with E-state index >= 15 is 0 Å². The lowest BCUT2D eigenvalue weighted by molar-refractivity contribution is -0.384. The average Bonchev–Trinajstić information content (AvgIpc) is 2.91. The molecule has 31 heavy (non-hydrogen) atoms. The van der Waals surface area contributed by atoms with Crippen molar-refractivity contribution in [1.29, 1.82) is 0 Å². The van der Waals surface area contributed by atoms with E-state index in [0.717, 1.165) is 11.3 Å². The van der Waals surface area contributed by atoms with Crippen LogP contribution in [0, 0.1) is 17.0 Å². The summed E-state index contributed by atoms with van der Waals surface area (Å²) in [5.41, 5.74) is 2.04.